The number of carbonyl (C=O) groups is 2. The largest absolute Gasteiger partial charge is 0.463 e. The number of aliphatic hydroxyl groups excluding tert-OH is 1. The maximum atomic E-state index is 12.2. The summed E-state index contributed by atoms with van der Waals surface area (Å²) in [6, 6.07) is 0. The molecule has 4 rings (SSSR count). The molecule has 22 heavy (non-hydrogen) atoms. The molecule has 7 heteroatoms. The number of ether oxygens (including phenoxy) is 2. The Morgan fingerprint density at radius 2 is 2.00 bits per heavy atom. The Labute approximate surface area is 126 Å². The van der Waals surface area contributed by atoms with Crippen LogP contribution in [0.2, 0.25) is 0 Å². The second kappa shape index (κ2) is 3.55. The molecular formula is C15H18O7. The van der Waals surface area contributed by atoms with Gasteiger partial charge in [-0.3, -0.25) is 0 Å². The Kier molecular flexibility index (Phi) is 2.29. The maximum absolute atomic E-state index is 12.2. The Morgan fingerprint density at radius 1 is 1.32 bits per heavy atom. The van der Waals surface area contributed by atoms with E-state index >= 15 is 0 Å². The highest BCUT2D eigenvalue weighted by atomic mass is 16.6. The molecule has 120 valence electrons. The van der Waals surface area contributed by atoms with Gasteiger partial charge in [0.15, 0.2) is 6.10 Å². The molecule has 0 amide bonds. The molecule has 2 aliphatic heterocycles. The fraction of sp³-hybridized carbons (Fsp3) is 0.733. The van der Waals surface area contributed by atoms with Gasteiger partial charge in [-0.2, -0.15) is 0 Å². The summed E-state index contributed by atoms with van der Waals surface area (Å²) < 4.78 is 10.2. The van der Waals surface area contributed by atoms with Crippen molar-refractivity contribution >= 4 is 11.9 Å². The lowest BCUT2D eigenvalue weighted by atomic mass is 9.44. The monoisotopic (exact) mass is 310 g/mol. The first-order chi connectivity index (χ1) is 10.1. The van der Waals surface area contributed by atoms with E-state index in [9.17, 15) is 24.9 Å². The summed E-state index contributed by atoms with van der Waals surface area (Å²) in [5, 5.41) is 32.9. The van der Waals surface area contributed by atoms with E-state index in [1.54, 1.807) is 13.0 Å². The van der Waals surface area contributed by atoms with Gasteiger partial charge in [0.1, 0.15) is 18.3 Å². The van der Waals surface area contributed by atoms with Crippen molar-refractivity contribution < 1.29 is 34.4 Å². The number of esters is 2. The summed E-state index contributed by atoms with van der Waals surface area (Å²) in [6.07, 6.45) is 0.509. The summed E-state index contributed by atoms with van der Waals surface area (Å²) in [5.74, 6) is -2.15. The van der Waals surface area contributed by atoms with Gasteiger partial charge in [0.25, 0.3) is 0 Å². The van der Waals surface area contributed by atoms with E-state index in [0.29, 0.717) is 0 Å². The van der Waals surface area contributed by atoms with Crippen molar-refractivity contribution in [2.75, 3.05) is 6.61 Å². The number of hydrogen-bond acceptors (Lipinski definition) is 7. The van der Waals surface area contributed by atoms with Crippen molar-refractivity contribution in [3.63, 3.8) is 0 Å². The molecule has 2 aliphatic carbocycles. The van der Waals surface area contributed by atoms with E-state index < -0.39 is 46.2 Å². The highest BCUT2D eigenvalue weighted by molar-refractivity contribution is 5.87. The van der Waals surface area contributed by atoms with Crippen molar-refractivity contribution in [3.8, 4) is 0 Å². The third-order valence-corrected chi connectivity index (χ3v) is 6.59. The van der Waals surface area contributed by atoms with Crippen LogP contribution in [0.4, 0.5) is 0 Å². The summed E-state index contributed by atoms with van der Waals surface area (Å²) in [5.41, 5.74) is -6.53. The second-order valence-electron chi connectivity index (χ2n) is 7.16. The smallest absolute Gasteiger partial charge is 0.342 e. The number of fused-ring (bicyclic) bond motifs is 4. The Morgan fingerprint density at radius 3 is 2.68 bits per heavy atom. The molecule has 0 aromatic heterocycles. The van der Waals surface area contributed by atoms with Crippen molar-refractivity contribution in [3.05, 3.63) is 12.2 Å². The number of rotatable bonds is 0. The molecule has 2 bridgehead atoms. The third-order valence-electron chi connectivity index (χ3n) is 6.59. The van der Waals surface area contributed by atoms with Gasteiger partial charge < -0.3 is 24.8 Å². The van der Waals surface area contributed by atoms with E-state index in [-0.39, 0.29) is 18.9 Å². The summed E-state index contributed by atoms with van der Waals surface area (Å²) in [4.78, 5) is 24.3. The van der Waals surface area contributed by atoms with Crippen molar-refractivity contribution in [2.45, 2.75) is 43.7 Å². The first-order valence-corrected chi connectivity index (χ1v) is 7.35. The van der Waals surface area contributed by atoms with Gasteiger partial charge >= 0.3 is 11.9 Å². The van der Waals surface area contributed by atoms with Gasteiger partial charge in [0.05, 0.1) is 5.41 Å². The lowest BCUT2D eigenvalue weighted by molar-refractivity contribution is -0.310. The highest BCUT2D eigenvalue weighted by Gasteiger charge is 2.84. The molecule has 0 radical (unpaired) electrons. The quantitative estimate of drug-likeness (QED) is 0.384. The SMILES string of the molecule is C[C@@H]1C=C[C@@]2(O)[C@@]13C[C@@H](OC(=O)[C@@H]3O)[C@@]1(O)C(=O)OC[C@@]21C. The molecule has 0 aromatic carbocycles. The van der Waals surface area contributed by atoms with Gasteiger partial charge in [-0.05, 0) is 12.8 Å². The number of aliphatic hydroxyl groups is 3. The number of cyclic esters (lactones) is 1. The van der Waals surface area contributed by atoms with Gasteiger partial charge in [0.2, 0.25) is 5.60 Å². The molecule has 7 atom stereocenters. The van der Waals surface area contributed by atoms with Crippen LogP contribution in [0.1, 0.15) is 20.3 Å². The fourth-order valence-electron chi connectivity index (χ4n) is 5.10. The molecule has 1 spiro atoms. The topological polar surface area (TPSA) is 113 Å². The molecule has 2 heterocycles. The number of carbonyl (C=O) groups excluding carboxylic acids is 2. The lowest BCUT2D eigenvalue weighted by Gasteiger charge is -2.64. The van der Waals surface area contributed by atoms with Gasteiger partial charge in [-0.1, -0.05) is 19.1 Å². The molecule has 3 fully saturated rings. The molecule has 7 nitrogen and oxygen atoms in total. The van der Waals surface area contributed by atoms with Gasteiger partial charge in [-0.25, -0.2) is 9.59 Å². The van der Waals surface area contributed by atoms with Crippen molar-refractivity contribution in [1.29, 1.82) is 0 Å². The average molecular weight is 310 g/mol. The zero-order chi connectivity index (χ0) is 16.1. The van der Waals surface area contributed by atoms with Crippen LogP contribution in [0.3, 0.4) is 0 Å². The van der Waals surface area contributed by atoms with Crippen molar-refractivity contribution in [1.82, 2.24) is 0 Å². The normalized spacial score (nSPS) is 58.9. The molecule has 3 N–H and O–H groups in total. The molecule has 0 unspecified atom stereocenters. The Hall–Kier alpha value is -1.44. The van der Waals surface area contributed by atoms with Gasteiger partial charge in [-0.15, -0.1) is 0 Å². The number of hydrogen-bond donors (Lipinski definition) is 3. The molecule has 1 saturated carbocycles. The first-order valence-electron chi connectivity index (χ1n) is 7.35. The predicted molar refractivity (Wildman–Crippen MR) is 70.2 cm³/mol. The van der Waals surface area contributed by atoms with E-state index in [4.69, 9.17) is 9.47 Å². The predicted octanol–water partition coefficient (Wildman–Crippen LogP) is -1.11. The Balaban J connectivity index is 2.03. The average Bonchev–Trinajstić information content (AvgIpc) is 2.87. The summed E-state index contributed by atoms with van der Waals surface area (Å²) in [7, 11) is 0. The second-order valence-corrected chi connectivity index (χ2v) is 7.16. The summed E-state index contributed by atoms with van der Waals surface area (Å²) >= 11 is 0. The van der Waals surface area contributed by atoms with E-state index in [1.807, 2.05) is 0 Å². The Bertz CT molecular complexity index is 629. The van der Waals surface area contributed by atoms with Crippen LogP contribution < -0.4 is 0 Å². The molecule has 0 aromatic rings. The fourth-order valence-corrected chi connectivity index (χ4v) is 5.10. The maximum Gasteiger partial charge on any atom is 0.342 e. The lowest BCUT2D eigenvalue weighted by Crippen LogP contribution is -2.80. The van der Waals surface area contributed by atoms with E-state index in [2.05, 4.69) is 0 Å². The third kappa shape index (κ3) is 1.03. The van der Waals surface area contributed by atoms with Crippen LogP contribution in [0.5, 0.6) is 0 Å². The van der Waals surface area contributed by atoms with Crippen LogP contribution >= 0.6 is 0 Å². The molecular weight excluding hydrogens is 292 g/mol. The van der Waals surface area contributed by atoms with Crippen molar-refractivity contribution in [2.24, 2.45) is 16.7 Å². The highest BCUT2D eigenvalue weighted by Crippen LogP contribution is 2.69. The minimum Gasteiger partial charge on any atom is -0.463 e. The van der Waals surface area contributed by atoms with E-state index in [1.165, 1.54) is 13.0 Å². The zero-order valence-electron chi connectivity index (χ0n) is 12.3. The van der Waals surface area contributed by atoms with Crippen LogP contribution in [0, 0.1) is 16.7 Å². The first kappa shape index (κ1) is 14.2. The standard InChI is InChI=1S/C15H18O7/c1-7-3-4-14(19)12(2)6-21-11(18)15(12,20)8-5-13(7,14)9(16)10(17)22-8/h3-4,7-9,16,19-20H,5-6H2,1-2H3/t7-,8-,9+,12+,13+,14+,15-/m1/s1. The zero-order valence-corrected chi connectivity index (χ0v) is 12.3. The van der Waals surface area contributed by atoms with Crippen LogP contribution in [0.15, 0.2) is 12.2 Å². The summed E-state index contributed by atoms with van der Waals surface area (Å²) in [6.45, 7) is 3.12. The van der Waals surface area contributed by atoms with Crippen LogP contribution in [-0.2, 0) is 19.1 Å². The molecule has 2 saturated heterocycles. The van der Waals surface area contributed by atoms with Gasteiger partial charge in [0, 0.05) is 11.8 Å². The van der Waals surface area contributed by atoms with Crippen LogP contribution in [0.25, 0.3) is 0 Å². The van der Waals surface area contributed by atoms with E-state index in [0.717, 1.165) is 0 Å². The van der Waals surface area contributed by atoms with Crippen LogP contribution in [-0.4, -0.2) is 57.3 Å². The molecule has 4 aliphatic rings. The minimum absolute atomic E-state index is 0.00817. The minimum atomic E-state index is -2.13. The number of allylic oxidation sites excluding steroid dienone is 1.